The van der Waals surface area contributed by atoms with Gasteiger partial charge in [-0.15, -0.1) is 0 Å². The SMILES string of the molecule is O=C(O)c1ccccc1C(=O)C(=O)[C@H]1CN(C(=O)Oc2ccccc2)CC[C@@H]1c1ccc(F)cc1. The number of ether oxygens (including phenoxy) is 1. The number of hydrogen-bond acceptors (Lipinski definition) is 5. The van der Waals surface area contributed by atoms with E-state index in [1.807, 2.05) is 0 Å². The van der Waals surface area contributed by atoms with Crippen molar-refractivity contribution in [2.24, 2.45) is 5.92 Å². The maximum Gasteiger partial charge on any atom is 0.415 e. The summed E-state index contributed by atoms with van der Waals surface area (Å²) >= 11 is 0. The summed E-state index contributed by atoms with van der Waals surface area (Å²) in [5, 5.41) is 9.45. The van der Waals surface area contributed by atoms with Crippen LogP contribution < -0.4 is 4.74 Å². The van der Waals surface area contributed by atoms with Crippen LogP contribution in [0.25, 0.3) is 0 Å². The van der Waals surface area contributed by atoms with E-state index >= 15 is 0 Å². The van der Waals surface area contributed by atoms with Crippen molar-refractivity contribution in [3.8, 4) is 5.75 Å². The molecule has 8 heteroatoms. The van der Waals surface area contributed by atoms with Crippen LogP contribution in [0.3, 0.4) is 0 Å². The zero-order valence-electron chi connectivity index (χ0n) is 18.6. The summed E-state index contributed by atoms with van der Waals surface area (Å²) in [6.45, 7) is 0.158. The molecule has 7 nitrogen and oxygen atoms in total. The molecule has 1 saturated heterocycles. The Kier molecular flexibility index (Phi) is 7.01. The first-order valence-corrected chi connectivity index (χ1v) is 11.0. The highest BCUT2D eigenvalue weighted by Crippen LogP contribution is 2.35. The summed E-state index contributed by atoms with van der Waals surface area (Å²) in [5.74, 6) is -4.62. The first kappa shape index (κ1) is 23.8. The highest BCUT2D eigenvalue weighted by atomic mass is 19.1. The van der Waals surface area contributed by atoms with E-state index in [1.165, 1.54) is 41.3 Å². The second kappa shape index (κ2) is 10.3. The molecule has 0 bridgehead atoms. The van der Waals surface area contributed by atoms with Crippen molar-refractivity contribution in [3.63, 3.8) is 0 Å². The van der Waals surface area contributed by atoms with Gasteiger partial charge in [-0.25, -0.2) is 14.0 Å². The maximum atomic E-state index is 13.5. The van der Waals surface area contributed by atoms with E-state index < -0.39 is 41.3 Å². The Balaban J connectivity index is 1.63. The average Bonchev–Trinajstić information content (AvgIpc) is 2.88. The second-order valence-corrected chi connectivity index (χ2v) is 8.22. The minimum atomic E-state index is -1.33. The third kappa shape index (κ3) is 5.27. The summed E-state index contributed by atoms with van der Waals surface area (Å²) in [6, 6.07) is 19.6. The molecule has 3 aromatic carbocycles. The summed E-state index contributed by atoms with van der Waals surface area (Å²) in [4.78, 5) is 52.3. The third-order valence-electron chi connectivity index (χ3n) is 6.08. The van der Waals surface area contributed by atoms with Crippen molar-refractivity contribution in [1.29, 1.82) is 0 Å². The predicted octanol–water partition coefficient (Wildman–Crippen LogP) is 4.58. The van der Waals surface area contributed by atoms with Crippen molar-refractivity contribution in [2.75, 3.05) is 13.1 Å². The lowest BCUT2D eigenvalue weighted by Gasteiger charge is -2.37. The number of ketones is 2. The highest BCUT2D eigenvalue weighted by Gasteiger charge is 2.40. The molecule has 3 aromatic rings. The van der Waals surface area contributed by atoms with Gasteiger partial charge in [0.15, 0.2) is 0 Å². The molecule has 1 N–H and O–H groups in total. The monoisotopic (exact) mass is 475 g/mol. The summed E-state index contributed by atoms with van der Waals surface area (Å²) in [7, 11) is 0. The second-order valence-electron chi connectivity index (χ2n) is 8.22. The van der Waals surface area contributed by atoms with Crippen LogP contribution >= 0.6 is 0 Å². The van der Waals surface area contributed by atoms with Gasteiger partial charge in [-0.05, 0) is 48.2 Å². The Morgan fingerprint density at radius 1 is 0.857 bits per heavy atom. The number of halogens is 1. The van der Waals surface area contributed by atoms with Gasteiger partial charge >= 0.3 is 12.1 Å². The zero-order valence-corrected chi connectivity index (χ0v) is 18.6. The number of aromatic carboxylic acids is 1. The number of carbonyl (C=O) groups excluding carboxylic acids is 3. The summed E-state index contributed by atoms with van der Waals surface area (Å²) in [6.07, 6.45) is -0.329. The van der Waals surface area contributed by atoms with Gasteiger partial charge in [0.05, 0.1) is 11.5 Å². The molecule has 1 fully saturated rings. The zero-order chi connectivity index (χ0) is 24.9. The van der Waals surface area contributed by atoms with Gasteiger partial charge in [0.25, 0.3) is 0 Å². The lowest BCUT2D eigenvalue weighted by Crippen LogP contribution is -2.48. The first-order valence-electron chi connectivity index (χ1n) is 11.0. The van der Waals surface area contributed by atoms with Gasteiger partial charge in [-0.1, -0.05) is 48.5 Å². The number of carboxylic acids is 1. The van der Waals surface area contributed by atoms with Crippen LogP contribution in [0, 0.1) is 11.7 Å². The van der Waals surface area contributed by atoms with Crippen LogP contribution in [0.2, 0.25) is 0 Å². The van der Waals surface area contributed by atoms with Crippen LogP contribution in [0.4, 0.5) is 9.18 Å². The summed E-state index contributed by atoms with van der Waals surface area (Å²) < 4.78 is 18.9. The molecule has 0 spiro atoms. The van der Waals surface area contributed by atoms with E-state index in [0.29, 0.717) is 17.7 Å². The van der Waals surface area contributed by atoms with Crippen LogP contribution in [0.5, 0.6) is 5.75 Å². The molecule has 0 aliphatic carbocycles. The minimum Gasteiger partial charge on any atom is -0.478 e. The quantitative estimate of drug-likeness (QED) is 0.414. The van der Waals surface area contributed by atoms with Crippen molar-refractivity contribution in [1.82, 2.24) is 4.90 Å². The minimum absolute atomic E-state index is 0.104. The number of likely N-dealkylation sites (tertiary alicyclic amines) is 1. The van der Waals surface area contributed by atoms with Crippen molar-refractivity contribution in [3.05, 3.63) is 101 Å². The van der Waals surface area contributed by atoms with E-state index in [4.69, 9.17) is 4.74 Å². The molecule has 4 rings (SSSR count). The molecule has 0 unspecified atom stereocenters. The standard InChI is InChI=1S/C27H22FNO6/c28-18-12-10-17(11-13-18)20-14-15-29(27(34)35-19-6-2-1-3-7-19)16-23(20)25(31)24(30)21-8-4-5-9-22(21)26(32)33/h1-13,20,23H,14-16H2,(H,32,33)/t20-,23+/m1/s1. The fraction of sp³-hybridized carbons (Fsp3) is 0.185. The number of benzene rings is 3. The van der Waals surface area contributed by atoms with Crippen LogP contribution in [-0.2, 0) is 4.79 Å². The van der Waals surface area contributed by atoms with Gasteiger partial charge in [-0.3, -0.25) is 9.59 Å². The van der Waals surface area contributed by atoms with Crippen LogP contribution in [0.1, 0.15) is 38.6 Å². The molecule has 1 heterocycles. The number of carbonyl (C=O) groups is 4. The number of piperidine rings is 1. The van der Waals surface area contributed by atoms with Crippen LogP contribution in [0.15, 0.2) is 78.9 Å². The molecular formula is C27H22FNO6. The maximum absolute atomic E-state index is 13.5. The molecule has 35 heavy (non-hydrogen) atoms. The predicted molar refractivity (Wildman–Crippen MR) is 124 cm³/mol. The van der Waals surface area contributed by atoms with Gasteiger partial charge in [-0.2, -0.15) is 0 Å². The average molecular weight is 475 g/mol. The highest BCUT2D eigenvalue weighted by molar-refractivity contribution is 6.45. The number of rotatable bonds is 6. The molecule has 178 valence electrons. The largest absolute Gasteiger partial charge is 0.478 e. The number of amides is 1. The molecule has 0 saturated carbocycles. The van der Waals surface area contributed by atoms with E-state index in [2.05, 4.69) is 0 Å². The first-order chi connectivity index (χ1) is 16.8. The topological polar surface area (TPSA) is 101 Å². The molecule has 1 aliphatic heterocycles. The lowest BCUT2D eigenvalue weighted by atomic mass is 9.76. The van der Waals surface area contributed by atoms with Gasteiger partial charge in [0.2, 0.25) is 11.6 Å². The number of carboxylic acid groups (broad SMARTS) is 1. The Labute approximate surface area is 200 Å². The normalized spacial score (nSPS) is 17.5. The number of nitrogens with zero attached hydrogens (tertiary/aromatic N) is 1. The molecule has 1 amide bonds. The van der Waals surface area contributed by atoms with Crippen molar-refractivity contribution >= 4 is 23.6 Å². The van der Waals surface area contributed by atoms with Crippen molar-refractivity contribution in [2.45, 2.75) is 12.3 Å². The van der Waals surface area contributed by atoms with Crippen molar-refractivity contribution < 1.29 is 33.4 Å². The lowest BCUT2D eigenvalue weighted by molar-refractivity contribution is -0.120. The van der Waals surface area contributed by atoms with Gasteiger partial charge in [0, 0.05) is 18.7 Å². The molecular weight excluding hydrogens is 453 g/mol. The number of Topliss-reactive ketones (excluding diaryl/α,β-unsaturated/α-hetero) is 2. The van der Waals surface area contributed by atoms with Crippen LogP contribution in [-0.4, -0.2) is 46.7 Å². The Morgan fingerprint density at radius 2 is 1.49 bits per heavy atom. The Hall–Kier alpha value is -4.33. The van der Waals surface area contributed by atoms with E-state index in [-0.39, 0.29) is 24.2 Å². The number of para-hydroxylation sites is 1. The number of hydrogen-bond donors (Lipinski definition) is 1. The smallest absolute Gasteiger partial charge is 0.415 e. The molecule has 0 aromatic heterocycles. The van der Waals surface area contributed by atoms with Gasteiger partial charge in [0.1, 0.15) is 11.6 Å². The fourth-order valence-electron chi connectivity index (χ4n) is 4.32. The molecule has 1 aliphatic rings. The van der Waals surface area contributed by atoms with E-state index in [1.54, 1.807) is 42.5 Å². The van der Waals surface area contributed by atoms with E-state index in [0.717, 1.165) is 0 Å². The van der Waals surface area contributed by atoms with Gasteiger partial charge < -0.3 is 14.7 Å². The Bertz CT molecular complexity index is 1260. The Morgan fingerprint density at radius 3 is 2.14 bits per heavy atom. The fourth-order valence-corrected chi connectivity index (χ4v) is 4.32. The summed E-state index contributed by atoms with van der Waals surface area (Å²) in [5.41, 5.74) is 0.160. The van der Waals surface area contributed by atoms with E-state index in [9.17, 15) is 28.7 Å². The third-order valence-corrected chi connectivity index (χ3v) is 6.08. The molecule has 2 atom stereocenters. The molecule has 0 radical (unpaired) electrons.